The molecule has 0 radical (unpaired) electrons. The molecule has 0 bridgehead atoms. The molecule has 8 heteroatoms. The molecule has 4 aromatic carbocycles. The van der Waals surface area contributed by atoms with Gasteiger partial charge >= 0.3 is 0 Å². The highest BCUT2D eigenvalue weighted by Gasteiger charge is 2.13. The lowest BCUT2D eigenvalue weighted by Gasteiger charge is -2.11. The molecule has 0 aliphatic rings. The summed E-state index contributed by atoms with van der Waals surface area (Å²) in [5, 5.41) is 12.7. The number of halogens is 3. The van der Waals surface area contributed by atoms with Gasteiger partial charge in [-0.25, -0.2) is 4.39 Å². The lowest BCUT2D eigenvalue weighted by Crippen LogP contribution is -2.13. The predicted octanol–water partition coefficient (Wildman–Crippen LogP) is 7.84. The minimum absolute atomic E-state index is 0.136. The monoisotopic (exact) mass is 546 g/mol. The largest absolute Gasteiger partial charge is 0.489 e. The van der Waals surface area contributed by atoms with Crippen LogP contribution in [0.3, 0.4) is 0 Å². The van der Waals surface area contributed by atoms with Crippen LogP contribution < -0.4 is 14.8 Å². The van der Waals surface area contributed by atoms with Gasteiger partial charge in [0.05, 0.1) is 10.0 Å². The molecule has 0 unspecified atom stereocenters. The van der Waals surface area contributed by atoms with Crippen LogP contribution in [0.5, 0.6) is 11.5 Å². The first-order chi connectivity index (χ1) is 18.4. The summed E-state index contributed by atoms with van der Waals surface area (Å²) in [6, 6.07) is 27.4. The van der Waals surface area contributed by atoms with Crippen molar-refractivity contribution in [1.29, 1.82) is 5.26 Å². The van der Waals surface area contributed by atoms with Gasteiger partial charge in [0.25, 0.3) is 5.91 Å². The maximum atomic E-state index is 13.1. The van der Waals surface area contributed by atoms with Gasteiger partial charge in [-0.1, -0.05) is 65.7 Å². The van der Waals surface area contributed by atoms with Gasteiger partial charge in [-0.2, -0.15) is 5.26 Å². The van der Waals surface area contributed by atoms with Crippen molar-refractivity contribution in [2.75, 3.05) is 5.32 Å². The third-order valence-electron chi connectivity index (χ3n) is 5.35. The maximum Gasteiger partial charge on any atom is 0.266 e. The van der Waals surface area contributed by atoms with Gasteiger partial charge in [0.1, 0.15) is 36.4 Å². The minimum Gasteiger partial charge on any atom is -0.489 e. The summed E-state index contributed by atoms with van der Waals surface area (Å²) in [5.74, 6) is -0.0428. The van der Waals surface area contributed by atoms with Crippen LogP contribution in [0.25, 0.3) is 6.08 Å². The summed E-state index contributed by atoms with van der Waals surface area (Å²) in [4.78, 5) is 12.7. The second-order valence-electron chi connectivity index (χ2n) is 8.15. The van der Waals surface area contributed by atoms with E-state index in [4.69, 9.17) is 32.7 Å². The summed E-state index contributed by atoms with van der Waals surface area (Å²) in [5.41, 5.74) is 2.60. The average molecular weight is 547 g/mol. The van der Waals surface area contributed by atoms with E-state index < -0.39 is 5.91 Å². The van der Waals surface area contributed by atoms with Crippen LogP contribution in [0, 0.1) is 17.1 Å². The Labute approximate surface area is 229 Å². The van der Waals surface area contributed by atoms with E-state index in [-0.39, 0.29) is 33.8 Å². The van der Waals surface area contributed by atoms with E-state index in [1.54, 1.807) is 36.4 Å². The molecule has 0 saturated heterocycles. The summed E-state index contributed by atoms with van der Waals surface area (Å²) in [6.45, 7) is 0.561. The van der Waals surface area contributed by atoms with Gasteiger partial charge in [-0.05, 0) is 71.3 Å². The molecule has 0 fully saturated rings. The third-order valence-corrected chi connectivity index (χ3v) is 5.92. The Morgan fingerprint density at radius 3 is 2.11 bits per heavy atom. The standard InChI is InChI=1S/C30H21Cl2FN2O3/c31-27-15-22(16-28(32)29(27)38-19-21-6-8-24(33)9-7-21)14-23(17-34)30(36)35-25-10-12-26(13-11-25)37-18-20-4-2-1-3-5-20/h1-16H,18-19H2,(H,35,36)/b23-14+. The second kappa shape index (κ2) is 12.8. The SMILES string of the molecule is N#C/C(=C\c1cc(Cl)c(OCc2ccc(F)cc2)c(Cl)c1)C(=O)Nc1ccc(OCc2ccccc2)cc1. The van der Waals surface area contributed by atoms with Crippen LogP contribution >= 0.6 is 23.2 Å². The zero-order valence-corrected chi connectivity index (χ0v) is 21.5. The number of carbonyl (C=O) groups excluding carboxylic acids is 1. The number of ether oxygens (including phenoxy) is 2. The van der Waals surface area contributed by atoms with E-state index in [0.717, 1.165) is 11.1 Å². The molecule has 190 valence electrons. The molecule has 0 aliphatic carbocycles. The molecule has 4 aromatic rings. The van der Waals surface area contributed by atoms with Crippen molar-refractivity contribution in [3.63, 3.8) is 0 Å². The van der Waals surface area contributed by atoms with Crippen molar-refractivity contribution in [1.82, 2.24) is 0 Å². The Bertz CT molecular complexity index is 1460. The van der Waals surface area contributed by atoms with E-state index in [1.165, 1.54) is 30.3 Å². The number of hydrogen-bond acceptors (Lipinski definition) is 4. The number of carbonyl (C=O) groups is 1. The van der Waals surface area contributed by atoms with Crippen molar-refractivity contribution >= 4 is 40.9 Å². The molecule has 38 heavy (non-hydrogen) atoms. The predicted molar refractivity (Wildman–Crippen MR) is 147 cm³/mol. The highest BCUT2D eigenvalue weighted by Crippen LogP contribution is 2.35. The van der Waals surface area contributed by atoms with Crippen LogP contribution in [0.2, 0.25) is 10.0 Å². The lowest BCUT2D eigenvalue weighted by molar-refractivity contribution is -0.112. The van der Waals surface area contributed by atoms with Crippen molar-refractivity contribution in [3.05, 3.63) is 129 Å². The molecular formula is C30H21Cl2FN2O3. The number of anilines is 1. The number of hydrogen-bond donors (Lipinski definition) is 1. The third kappa shape index (κ3) is 7.36. The molecule has 0 atom stereocenters. The Morgan fingerprint density at radius 2 is 1.47 bits per heavy atom. The Kier molecular flexibility index (Phi) is 8.99. The smallest absolute Gasteiger partial charge is 0.266 e. The number of amides is 1. The van der Waals surface area contributed by atoms with Crippen molar-refractivity contribution < 1.29 is 18.7 Å². The highest BCUT2D eigenvalue weighted by molar-refractivity contribution is 6.37. The first kappa shape index (κ1) is 26.7. The lowest BCUT2D eigenvalue weighted by atomic mass is 10.1. The van der Waals surface area contributed by atoms with Crippen molar-refractivity contribution in [3.8, 4) is 17.6 Å². The maximum absolute atomic E-state index is 13.1. The average Bonchev–Trinajstić information content (AvgIpc) is 2.92. The van der Waals surface area contributed by atoms with Crippen molar-refractivity contribution in [2.24, 2.45) is 0 Å². The van der Waals surface area contributed by atoms with Crippen LogP contribution in [0.4, 0.5) is 10.1 Å². The molecular weight excluding hydrogens is 526 g/mol. The number of rotatable bonds is 9. The van der Waals surface area contributed by atoms with E-state index in [1.807, 2.05) is 36.4 Å². The molecule has 0 spiro atoms. The van der Waals surface area contributed by atoms with Gasteiger partial charge in [-0.15, -0.1) is 0 Å². The summed E-state index contributed by atoms with van der Waals surface area (Å²) in [7, 11) is 0. The number of nitriles is 1. The van der Waals surface area contributed by atoms with Crippen LogP contribution in [0.1, 0.15) is 16.7 Å². The van der Waals surface area contributed by atoms with Crippen LogP contribution in [-0.4, -0.2) is 5.91 Å². The Hall–Kier alpha value is -4.31. The van der Waals surface area contributed by atoms with Gasteiger partial charge in [0.2, 0.25) is 0 Å². The first-order valence-electron chi connectivity index (χ1n) is 11.5. The van der Waals surface area contributed by atoms with Crippen molar-refractivity contribution in [2.45, 2.75) is 13.2 Å². The quantitative estimate of drug-likeness (QED) is 0.171. The molecule has 0 aromatic heterocycles. The molecule has 0 aliphatic heterocycles. The minimum atomic E-state index is -0.589. The fourth-order valence-corrected chi connectivity index (χ4v) is 4.04. The number of nitrogens with zero attached hydrogens (tertiary/aromatic N) is 1. The van der Waals surface area contributed by atoms with E-state index >= 15 is 0 Å². The van der Waals surface area contributed by atoms with E-state index in [9.17, 15) is 14.4 Å². The van der Waals surface area contributed by atoms with E-state index in [2.05, 4.69) is 5.32 Å². The topological polar surface area (TPSA) is 71.3 Å². The highest BCUT2D eigenvalue weighted by atomic mass is 35.5. The van der Waals surface area contributed by atoms with E-state index in [0.29, 0.717) is 23.6 Å². The zero-order valence-electron chi connectivity index (χ0n) is 20.0. The normalized spacial score (nSPS) is 10.9. The molecule has 1 amide bonds. The fraction of sp³-hybridized carbons (Fsp3) is 0.0667. The second-order valence-corrected chi connectivity index (χ2v) is 8.97. The van der Waals surface area contributed by atoms with Crippen LogP contribution in [0.15, 0.2) is 96.6 Å². The van der Waals surface area contributed by atoms with Gasteiger partial charge in [-0.3, -0.25) is 4.79 Å². The van der Waals surface area contributed by atoms with Gasteiger partial charge in [0, 0.05) is 5.69 Å². The van der Waals surface area contributed by atoms with Gasteiger partial charge < -0.3 is 14.8 Å². The molecule has 5 nitrogen and oxygen atoms in total. The zero-order chi connectivity index (χ0) is 26.9. The Balaban J connectivity index is 1.39. The van der Waals surface area contributed by atoms with Gasteiger partial charge in [0.15, 0.2) is 5.75 Å². The fourth-order valence-electron chi connectivity index (χ4n) is 3.43. The molecule has 0 saturated carbocycles. The summed E-state index contributed by atoms with van der Waals surface area (Å²) < 4.78 is 24.5. The molecule has 1 N–H and O–H groups in total. The number of benzene rings is 4. The molecule has 4 rings (SSSR count). The Morgan fingerprint density at radius 1 is 0.868 bits per heavy atom. The summed E-state index contributed by atoms with van der Waals surface area (Å²) in [6.07, 6.45) is 1.38. The first-order valence-corrected chi connectivity index (χ1v) is 12.2. The van der Waals surface area contributed by atoms with Crippen LogP contribution in [-0.2, 0) is 18.0 Å². The molecule has 0 heterocycles. The number of nitrogens with one attached hydrogen (secondary N) is 1. The summed E-state index contributed by atoms with van der Waals surface area (Å²) >= 11 is 12.7.